The number of ketones is 1. The zero-order chi connectivity index (χ0) is 24.5. The van der Waals surface area contributed by atoms with Crippen LogP contribution in [-0.4, -0.2) is 36.8 Å². The summed E-state index contributed by atoms with van der Waals surface area (Å²) in [6.45, 7) is 1.41. The highest BCUT2D eigenvalue weighted by atomic mass is 16.5. The third-order valence-corrected chi connectivity index (χ3v) is 6.58. The molecule has 4 rings (SSSR count). The lowest BCUT2D eigenvalue weighted by molar-refractivity contribution is -0.145. The van der Waals surface area contributed by atoms with E-state index in [1.54, 1.807) is 12.0 Å². The van der Waals surface area contributed by atoms with Gasteiger partial charge in [-0.1, -0.05) is 72.8 Å². The van der Waals surface area contributed by atoms with Crippen molar-refractivity contribution in [1.29, 1.82) is 0 Å². The van der Waals surface area contributed by atoms with Gasteiger partial charge in [0.15, 0.2) is 0 Å². The van der Waals surface area contributed by atoms with E-state index >= 15 is 0 Å². The van der Waals surface area contributed by atoms with E-state index in [1.807, 2.05) is 48.5 Å². The van der Waals surface area contributed by atoms with Crippen LogP contribution in [0.5, 0.6) is 5.75 Å². The summed E-state index contributed by atoms with van der Waals surface area (Å²) in [4.78, 5) is 27.1. The van der Waals surface area contributed by atoms with Crippen molar-refractivity contribution in [3.8, 4) is 5.75 Å². The molecule has 180 valence electrons. The molecule has 1 aliphatic rings. The molecule has 1 amide bonds. The molecule has 0 radical (unpaired) electrons. The van der Waals surface area contributed by atoms with Gasteiger partial charge in [0.1, 0.15) is 5.75 Å². The number of hydrogen-bond donors (Lipinski definition) is 0. The Morgan fingerprint density at radius 3 is 1.89 bits per heavy atom. The summed E-state index contributed by atoms with van der Waals surface area (Å²) >= 11 is 0. The topological polar surface area (TPSA) is 46.6 Å². The highest BCUT2D eigenvalue weighted by molar-refractivity contribution is 6.36. The molecule has 0 bridgehead atoms. The minimum absolute atomic E-state index is 0.260. The predicted molar refractivity (Wildman–Crippen MR) is 141 cm³/mol. The van der Waals surface area contributed by atoms with E-state index in [2.05, 4.69) is 36.4 Å². The van der Waals surface area contributed by atoms with Crippen molar-refractivity contribution in [3.63, 3.8) is 0 Å². The average Bonchev–Trinajstić information content (AvgIpc) is 2.93. The van der Waals surface area contributed by atoms with Crippen LogP contribution in [0.4, 0.5) is 0 Å². The van der Waals surface area contributed by atoms with Gasteiger partial charge in [-0.2, -0.15) is 0 Å². The number of allylic oxidation sites excluding steroid dienone is 1. The number of amides is 1. The number of nitrogens with zero attached hydrogens (tertiary/aromatic N) is 1. The Morgan fingerprint density at radius 2 is 1.29 bits per heavy atom. The third kappa shape index (κ3) is 6.27. The number of benzene rings is 3. The van der Waals surface area contributed by atoms with E-state index in [-0.39, 0.29) is 18.1 Å². The quantitative estimate of drug-likeness (QED) is 0.270. The molecule has 4 nitrogen and oxygen atoms in total. The fourth-order valence-corrected chi connectivity index (χ4v) is 4.74. The van der Waals surface area contributed by atoms with Gasteiger partial charge in [0, 0.05) is 19.5 Å². The van der Waals surface area contributed by atoms with E-state index in [1.165, 1.54) is 5.57 Å². The lowest BCUT2D eigenvalue weighted by Crippen LogP contribution is -2.39. The van der Waals surface area contributed by atoms with Crippen LogP contribution in [0.2, 0.25) is 0 Å². The molecule has 0 atom stereocenters. The maximum absolute atomic E-state index is 12.7. The average molecular weight is 468 g/mol. The van der Waals surface area contributed by atoms with Gasteiger partial charge in [-0.3, -0.25) is 9.59 Å². The second-order valence-corrected chi connectivity index (χ2v) is 8.94. The minimum Gasteiger partial charge on any atom is -0.497 e. The Hall–Kier alpha value is -3.66. The fourth-order valence-electron chi connectivity index (χ4n) is 4.74. The molecule has 35 heavy (non-hydrogen) atoms. The Morgan fingerprint density at radius 1 is 0.714 bits per heavy atom. The number of Topliss-reactive ketones (excluding diaryl/α,β-unsaturated/α-hetero) is 1. The van der Waals surface area contributed by atoms with Gasteiger partial charge >= 0.3 is 0 Å². The first-order chi connectivity index (χ1) is 17.2. The zero-order valence-electron chi connectivity index (χ0n) is 20.4. The maximum atomic E-state index is 12.7. The van der Waals surface area contributed by atoms with Gasteiger partial charge in [0.2, 0.25) is 5.78 Å². The highest BCUT2D eigenvalue weighted by Gasteiger charge is 2.23. The first-order valence-electron chi connectivity index (χ1n) is 12.5. The lowest BCUT2D eigenvalue weighted by Gasteiger charge is -2.26. The Balaban J connectivity index is 1.65. The second kappa shape index (κ2) is 12.2. The second-order valence-electron chi connectivity index (χ2n) is 8.94. The minimum atomic E-state index is -0.312. The van der Waals surface area contributed by atoms with E-state index in [4.69, 9.17) is 4.74 Å². The number of ether oxygens (including phenoxy) is 1. The van der Waals surface area contributed by atoms with Gasteiger partial charge < -0.3 is 9.64 Å². The van der Waals surface area contributed by atoms with Gasteiger partial charge in [-0.25, -0.2) is 0 Å². The fraction of sp³-hybridized carbons (Fsp3) is 0.290. The summed E-state index contributed by atoms with van der Waals surface area (Å²) in [5.74, 6) is 0.225. The number of rotatable bonds is 9. The van der Waals surface area contributed by atoms with Crippen molar-refractivity contribution in [2.75, 3.05) is 20.2 Å². The van der Waals surface area contributed by atoms with Crippen LogP contribution in [0, 0.1) is 0 Å². The summed E-state index contributed by atoms with van der Waals surface area (Å²) in [5.41, 5.74) is 5.63. The molecule has 0 N–H and O–H groups in total. The highest BCUT2D eigenvalue weighted by Crippen LogP contribution is 2.36. The summed E-state index contributed by atoms with van der Waals surface area (Å²) in [5, 5.41) is 0. The van der Waals surface area contributed by atoms with Crippen molar-refractivity contribution in [3.05, 3.63) is 102 Å². The number of piperidine rings is 1. The number of carbonyl (C=O) groups excluding carboxylic acids is 2. The number of methoxy groups -OCH3 is 1. The summed E-state index contributed by atoms with van der Waals surface area (Å²) in [6.07, 6.45) is 4.69. The van der Waals surface area contributed by atoms with Crippen LogP contribution in [0.15, 0.2) is 84.9 Å². The van der Waals surface area contributed by atoms with Crippen molar-refractivity contribution in [2.45, 2.75) is 38.5 Å². The van der Waals surface area contributed by atoms with Gasteiger partial charge in [0.25, 0.3) is 5.91 Å². The van der Waals surface area contributed by atoms with Crippen LogP contribution < -0.4 is 4.74 Å². The molecular weight excluding hydrogens is 434 g/mol. The normalized spacial score (nSPS) is 14.3. The third-order valence-electron chi connectivity index (χ3n) is 6.58. The Kier molecular flexibility index (Phi) is 8.50. The molecule has 0 aliphatic carbocycles. The van der Waals surface area contributed by atoms with Gasteiger partial charge in [-0.05, 0) is 72.1 Å². The molecule has 1 saturated heterocycles. The van der Waals surface area contributed by atoms with Gasteiger partial charge in [0.05, 0.1) is 7.11 Å². The number of likely N-dealkylation sites (tertiary alicyclic amines) is 1. The van der Waals surface area contributed by atoms with Crippen molar-refractivity contribution < 1.29 is 14.3 Å². The molecule has 0 unspecified atom stereocenters. The standard InChI is InChI=1S/C31H33NO3/c1-35-27-20-18-26(19-21-27)30(25-14-7-3-8-15-25)28(24-12-5-2-6-13-24)16-11-17-29(33)31(34)32-22-9-4-10-23-32/h2-3,5-8,12-15,18-21H,4,9-11,16-17,22-23H2,1H3/b30-28-. The van der Waals surface area contributed by atoms with E-state index < -0.39 is 0 Å². The monoisotopic (exact) mass is 467 g/mol. The molecule has 0 saturated carbocycles. The summed E-state index contributed by atoms with van der Waals surface area (Å²) < 4.78 is 5.37. The predicted octanol–water partition coefficient (Wildman–Crippen LogP) is 6.41. The van der Waals surface area contributed by atoms with E-state index in [0.29, 0.717) is 25.9 Å². The largest absolute Gasteiger partial charge is 0.497 e. The van der Waals surface area contributed by atoms with Crippen molar-refractivity contribution in [2.24, 2.45) is 0 Å². The van der Waals surface area contributed by atoms with Crippen LogP contribution in [0.25, 0.3) is 11.1 Å². The molecule has 1 aliphatic heterocycles. The Labute approximate surface area is 208 Å². The Bertz CT molecular complexity index is 1140. The SMILES string of the molecule is COc1ccc(/C(=C(/CCCC(=O)C(=O)N2CCCCC2)c2ccccc2)c2ccccc2)cc1. The zero-order valence-corrected chi connectivity index (χ0v) is 20.4. The van der Waals surface area contributed by atoms with Crippen LogP contribution in [0.3, 0.4) is 0 Å². The molecule has 0 aromatic heterocycles. The molecular formula is C31H33NO3. The molecule has 1 heterocycles. The molecule has 4 heteroatoms. The van der Waals surface area contributed by atoms with Crippen molar-refractivity contribution >= 4 is 22.8 Å². The first-order valence-corrected chi connectivity index (χ1v) is 12.5. The maximum Gasteiger partial charge on any atom is 0.289 e. The summed E-state index contributed by atoms with van der Waals surface area (Å²) in [7, 11) is 1.67. The van der Waals surface area contributed by atoms with Crippen LogP contribution in [0.1, 0.15) is 55.2 Å². The molecule has 3 aromatic carbocycles. The molecule has 3 aromatic rings. The lowest BCUT2D eigenvalue weighted by atomic mass is 9.87. The van der Waals surface area contributed by atoms with Crippen LogP contribution in [-0.2, 0) is 9.59 Å². The number of carbonyl (C=O) groups is 2. The van der Waals surface area contributed by atoms with Crippen molar-refractivity contribution in [1.82, 2.24) is 4.90 Å². The van der Waals surface area contributed by atoms with E-state index in [9.17, 15) is 9.59 Å². The van der Waals surface area contributed by atoms with Crippen LogP contribution >= 0.6 is 0 Å². The van der Waals surface area contributed by atoms with E-state index in [0.717, 1.165) is 47.3 Å². The molecule has 1 fully saturated rings. The molecule has 0 spiro atoms. The smallest absolute Gasteiger partial charge is 0.289 e. The first kappa shape index (κ1) is 24.5. The number of hydrogen-bond acceptors (Lipinski definition) is 3. The van der Waals surface area contributed by atoms with Gasteiger partial charge in [-0.15, -0.1) is 0 Å². The summed E-state index contributed by atoms with van der Waals surface area (Å²) in [6, 6.07) is 28.8.